The molecule has 1 aromatic heterocycles. The molecule has 0 aliphatic rings. The second-order valence-electron chi connectivity index (χ2n) is 5.57. The van der Waals surface area contributed by atoms with Crippen LogP contribution in [0.4, 0.5) is 11.5 Å². The lowest BCUT2D eigenvalue weighted by Crippen LogP contribution is -2.11. The molecule has 1 unspecified atom stereocenters. The number of nitrogen functional groups attached to an aromatic ring is 1. The highest BCUT2D eigenvalue weighted by Gasteiger charge is 2.17. The van der Waals surface area contributed by atoms with E-state index < -0.39 is 0 Å². The number of aromatic nitrogens is 2. The molecule has 2 aromatic rings. The van der Waals surface area contributed by atoms with Gasteiger partial charge in [0.2, 0.25) is 0 Å². The van der Waals surface area contributed by atoms with Gasteiger partial charge in [-0.15, -0.1) is 0 Å². The van der Waals surface area contributed by atoms with Crippen molar-refractivity contribution in [2.24, 2.45) is 7.05 Å². The second kappa shape index (κ2) is 6.08. The zero-order chi connectivity index (χ0) is 15.6. The average molecular weight is 288 g/mol. The molecule has 0 aliphatic carbocycles. The quantitative estimate of drug-likeness (QED) is 0.886. The summed E-state index contributed by atoms with van der Waals surface area (Å²) < 4.78 is 6.99. The number of rotatable bonds is 5. The maximum atomic E-state index is 6.21. The van der Waals surface area contributed by atoms with Crippen molar-refractivity contribution in [1.29, 1.82) is 0 Å². The first-order valence-electron chi connectivity index (χ1n) is 7.16. The molecule has 21 heavy (non-hydrogen) atoms. The Morgan fingerprint density at radius 2 is 1.81 bits per heavy atom. The predicted molar refractivity (Wildman–Crippen MR) is 86.7 cm³/mol. The van der Waals surface area contributed by atoms with E-state index in [0.717, 1.165) is 22.9 Å². The number of hydrogen-bond donors (Lipinski definition) is 2. The minimum Gasteiger partial charge on any atom is -0.497 e. The average Bonchev–Trinajstić information content (AvgIpc) is 2.75. The zero-order valence-corrected chi connectivity index (χ0v) is 13.3. The zero-order valence-electron chi connectivity index (χ0n) is 13.3. The van der Waals surface area contributed by atoms with Crippen LogP contribution < -0.4 is 15.8 Å². The minimum absolute atomic E-state index is 0.133. The topological polar surface area (TPSA) is 65.1 Å². The summed E-state index contributed by atoms with van der Waals surface area (Å²) in [4.78, 5) is 0. The first kappa shape index (κ1) is 15.2. The summed E-state index contributed by atoms with van der Waals surface area (Å²) in [5, 5.41) is 7.94. The lowest BCUT2D eigenvalue weighted by molar-refractivity contribution is 0.414. The number of hydrogen-bond acceptors (Lipinski definition) is 4. The van der Waals surface area contributed by atoms with Gasteiger partial charge < -0.3 is 15.8 Å². The molecule has 0 saturated heterocycles. The SMILES string of the molecule is COc1ccc(C(C)Nc2c(N)c(C(C)C)nn2C)cc1. The summed E-state index contributed by atoms with van der Waals surface area (Å²) in [5.74, 6) is 2.03. The molecular formula is C16H24N4O. The Morgan fingerprint density at radius 3 is 2.29 bits per heavy atom. The fourth-order valence-electron chi connectivity index (χ4n) is 2.34. The molecule has 1 aromatic carbocycles. The van der Waals surface area contributed by atoms with E-state index in [1.807, 2.05) is 36.0 Å². The van der Waals surface area contributed by atoms with Crippen LogP contribution in [0.25, 0.3) is 0 Å². The Balaban J connectivity index is 2.20. The highest BCUT2D eigenvalue weighted by Crippen LogP contribution is 2.30. The number of nitrogens with one attached hydrogen (secondary N) is 1. The standard InChI is InChI=1S/C16H24N4O/c1-10(2)15-14(17)16(20(4)19-15)18-11(3)12-6-8-13(21-5)9-7-12/h6-11,18H,17H2,1-5H3. The van der Waals surface area contributed by atoms with E-state index in [0.29, 0.717) is 5.92 Å². The van der Waals surface area contributed by atoms with E-state index in [4.69, 9.17) is 10.5 Å². The van der Waals surface area contributed by atoms with E-state index in [2.05, 4.69) is 31.2 Å². The van der Waals surface area contributed by atoms with Crippen molar-refractivity contribution in [3.63, 3.8) is 0 Å². The molecule has 0 amide bonds. The third-order valence-corrected chi connectivity index (χ3v) is 3.63. The van der Waals surface area contributed by atoms with Gasteiger partial charge in [0.15, 0.2) is 0 Å². The monoisotopic (exact) mass is 288 g/mol. The second-order valence-corrected chi connectivity index (χ2v) is 5.57. The maximum Gasteiger partial charge on any atom is 0.148 e. The van der Waals surface area contributed by atoms with Crippen LogP contribution >= 0.6 is 0 Å². The van der Waals surface area contributed by atoms with Crippen LogP contribution in [0, 0.1) is 0 Å². The molecule has 2 rings (SSSR count). The number of nitrogens with zero attached hydrogens (tertiary/aromatic N) is 2. The summed E-state index contributed by atoms with van der Waals surface area (Å²) in [6.45, 7) is 6.29. The molecule has 5 nitrogen and oxygen atoms in total. The Morgan fingerprint density at radius 1 is 1.19 bits per heavy atom. The van der Waals surface area contributed by atoms with Crippen molar-refractivity contribution in [2.45, 2.75) is 32.7 Å². The molecule has 1 atom stereocenters. The van der Waals surface area contributed by atoms with Crippen molar-refractivity contribution < 1.29 is 4.74 Å². The molecule has 0 aliphatic heterocycles. The van der Waals surface area contributed by atoms with Crippen LogP contribution in [0.1, 0.15) is 44.0 Å². The fourth-order valence-corrected chi connectivity index (χ4v) is 2.34. The molecule has 0 saturated carbocycles. The van der Waals surface area contributed by atoms with Crippen molar-refractivity contribution in [3.05, 3.63) is 35.5 Å². The van der Waals surface area contributed by atoms with Crippen LogP contribution in [0.3, 0.4) is 0 Å². The Labute approximate surface area is 126 Å². The van der Waals surface area contributed by atoms with Gasteiger partial charge in [-0.3, -0.25) is 4.68 Å². The van der Waals surface area contributed by atoms with E-state index in [1.165, 1.54) is 5.56 Å². The van der Waals surface area contributed by atoms with Crippen LogP contribution in [0.2, 0.25) is 0 Å². The Hall–Kier alpha value is -2.17. The number of nitrogens with two attached hydrogens (primary N) is 1. The fraction of sp³-hybridized carbons (Fsp3) is 0.438. The maximum absolute atomic E-state index is 6.21. The van der Waals surface area contributed by atoms with E-state index in [-0.39, 0.29) is 6.04 Å². The predicted octanol–water partition coefficient (Wildman–Crippen LogP) is 3.31. The first-order chi connectivity index (χ1) is 9.93. The Kier molecular flexibility index (Phi) is 4.40. The number of methoxy groups -OCH3 is 1. The van der Waals surface area contributed by atoms with Gasteiger partial charge >= 0.3 is 0 Å². The summed E-state index contributed by atoms with van der Waals surface area (Å²) in [5.41, 5.74) is 9.04. The molecular weight excluding hydrogens is 264 g/mol. The van der Waals surface area contributed by atoms with Crippen LogP contribution in [-0.2, 0) is 7.05 Å². The highest BCUT2D eigenvalue weighted by molar-refractivity contribution is 5.66. The van der Waals surface area contributed by atoms with Gasteiger partial charge in [0.05, 0.1) is 24.5 Å². The lowest BCUT2D eigenvalue weighted by Gasteiger charge is -2.16. The Bertz CT molecular complexity index is 601. The normalized spacial score (nSPS) is 12.5. The molecule has 1 heterocycles. The van der Waals surface area contributed by atoms with Crippen molar-refractivity contribution in [1.82, 2.24) is 9.78 Å². The van der Waals surface area contributed by atoms with Gasteiger partial charge in [-0.25, -0.2) is 0 Å². The number of benzene rings is 1. The molecule has 3 N–H and O–H groups in total. The lowest BCUT2D eigenvalue weighted by atomic mass is 10.1. The third-order valence-electron chi connectivity index (χ3n) is 3.63. The molecule has 0 spiro atoms. The summed E-state index contributed by atoms with van der Waals surface area (Å²) >= 11 is 0. The summed E-state index contributed by atoms with van der Waals surface area (Å²) in [6.07, 6.45) is 0. The van der Waals surface area contributed by atoms with Gasteiger partial charge in [-0.1, -0.05) is 26.0 Å². The highest BCUT2D eigenvalue weighted by atomic mass is 16.5. The summed E-state index contributed by atoms with van der Waals surface area (Å²) in [7, 11) is 3.58. The van der Waals surface area contributed by atoms with E-state index >= 15 is 0 Å². The first-order valence-corrected chi connectivity index (χ1v) is 7.16. The van der Waals surface area contributed by atoms with Gasteiger partial charge in [-0.05, 0) is 30.5 Å². The van der Waals surface area contributed by atoms with Gasteiger partial charge in [0.1, 0.15) is 11.6 Å². The van der Waals surface area contributed by atoms with Gasteiger partial charge in [0, 0.05) is 7.05 Å². The van der Waals surface area contributed by atoms with Crippen molar-refractivity contribution in [3.8, 4) is 5.75 Å². The smallest absolute Gasteiger partial charge is 0.148 e. The van der Waals surface area contributed by atoms with Crippen LogP contribution in [0.15, 0.2) is 24.3 Å². The minimum atomic E-state index is 0.133. The third kappa shape index (κ3) is 3.12. The summed E-state index contributed by atoms with van der Waals surface area (Å²) in [6, 6.07) is 8.15. The van der Waals surface area contributed by atoms with Crippen LogP contribution in [-0.4, -0.2) is 16.9 Å². The van der Waals surface area contributed by atoms with Crippen molar-refractivity contribution >= 4 is 11.5 Å². The number of ether oxygens (including phenoxy) is 1. The molecule has 114 valence electrons. The van der Waals surface area contributed by atoms with Crippen molar-refractivity contribution in [2.75, 3.05) is 18.2 Å². The molecule has 5 heteroatoms. The van der Waals surface area contributed by atoms with Gasteiger partial charge in [0.25, 0.3) is 0 Å². The molecule has 0 fully saturated rings. The van der Waals surface area contributed by atoms with E-state index in [9.17, 15) is 0 Å². The molecule has 0 radical (unpaired) electrons. The van der Waals surface area contributed by atoms with Gasteiger partial charge in [-0.2, -0.15) is 5.10 Å². The largest absolute Gasteiger partial charge is 0.497 e. The van der Waals surface area contributed by atoms with Crippen LogP contribution in [0.5, 0.6) is 5.75 Å². The van der Waals surface area contributed by atoms with E-state index in [1.54, 1.807) is 7.11 Å². The number of aryl methyl sites for hydroxylation is 1. The number of anilines is 2. The molecule has 0 bridgehead atoms.